The minimum Gasteiger partial charge on any atom is -0.493 e. The Morgan fingerprint density at radius 1 is 0.968 bits per heavy atom. The van der Waals surface area contributed by atoms with E-state index in [1.807, 2.05) is 69.3 Å². The average molecular weight is 421 g/mol. The molecule has 6 heteroatoms. The van der Waals surface area contributed by atoms with E-state index < -0.39 is 0 Å². The molecule has 6 nitrogen and oxygen atoms in total. The topological polar surface area (TPSA) is 69.7 Å². The number of aromatic nitrogens is 1. The Morgan fingerprint density at radius 2 is 1.74 bits per heavy atom. The number of benzene rings is 2. The van der Waals surface area contributed by atoms with Crippen LogP contribution in [0.15, 0.2) is 60.9 Å². The second kappa shape index (κ2) is 10.5. The highest BCUT2D eigenvalue weighted by atomic mass is 16.5. The molecule has 162 valence electrons. The van der Waals surface area contributed by atoms with Gasteiger partial charge < -0.3 is 19.5 Å². The lowest BCUT2D eigenvalue weighted by atomic mass is 10.1. The van der Waals surface area contributed by atoms with Gasteiger partial charge in [0.25, 0.3) is 5.91 Å². The molecular formula is C25H28N2O4. The van der Waals surface area contributed by atoms with Gasteiger partial charge >= 0.3 is 0 Å². The van der Waals surface area contributed by atoms with Crippen molar-refractivity contribution in [2.75, 3.05) is 13.7 Å². The maximum Gasteiger partial charge on any atom is 0.258 e. The third-order valence-corrected chi connectivity index (χ3v) is 5.06. The van der Waals surface area contributed by atoms with Gasteiger partial charge in [0.15, 0.2) is 18.1 Å². The Balaban J connectivity index is 1.56. The molecular weight excluding hydrogens is 392 g/mol. The predicted octanol–water partition coefficient (Wildman–Crippen LogP) is 4.54. The summed E-state index contributed by atoms with van der Waals surface area (Å²) in [5.74, 6) is 1.74. The molecule has 1 heterocycles. The fraction of sp³-hybridized carbons (Fsp3) is 0.280. The predicted molar refractivity (Wildman–Crippen MR) is 120 cm³/mol. The molecule has 1 N–H and O–H groups in total. The van der Waals surface area contributed by atoms with E-state index in [2.05, 4.69) is 10.3 Å². The summed E-state index contributed by atoms with van der Waals surface area (Å²) in [6, 6.07) is 15.0. The highest BCUT2D eigenvalue weighted by Crippen LogP contribution is 2.31. The maximum atomic E-state index is 12.3. The summed E-state index contributed by atoms with van der Waals surface area (Å²) in [6.45, 7) is 6.34. The van der Waals surface area contributed by atoms with Gasteiger partial charge in [-0.05, 0) is 79.4 Å². The summed E-state index contributed by atoms with van der Waals surface area (Å²) in [4.78, 5) is 16.3. The molecule has 3 rings (SSSR count). The zero-order valence-electron chi connectivity index (χ0n) is 18.3. The van der Waals surface area contributed by atoms with E-state index in [0.29, 0.717) is 23.9 Å². The molecule has 0 bridgehead atoms. The minimum atomic E-state index is -0.209. The number of hydrogen-bond acceptors (Lipinski definition) is 5. The largest absolute Gasteiger partial charge is 0.493 e. The number of methoxy groups -OCH3 is 1. The second-order valence-electron chi connectivity index (χ2n) is 7.38. The first-order chi connectivity index (χ1) is 15.0. The number of amides is 1. The first-order valence-corrected chi connectivity index (χ1v) is 10.2. The first kappa shape index (κ1) is 22.2. The van der Waals surface area contributed by atoms with Crippen molar-refractivity contribution in [3.05, 3.63) is 83.2 Å². The Bertz CT molecular complexity index is 1020. The number of nitrogens with one attached hydrogen (secondary N) is 1. The summed E-state index contributed by atoms with van der Waals surface area (Å²) < 4.78 is 17.0. The third-order valence-electron chi connectivity index (χ3n) is 5.06. The van der Waals surface area contributed by atoms with Crippen molar-refractivity contribution in [1.82, 2.24) is 10.3 Å². The van der Waals surface area contributed by atoms with Gasteiger partial charge in [-0.25, -0.2) is 0 Å². The zero-order valence-corrected chi connectivity index (χ0v) is 18.3. The highest BCUT2D eigenvalue weighted by molar-refractivity contribution is 5.78. The monoisotopic (exact) mass is 420 g/mol. The van der Waals surface area contributed by atoms with E-state index in [-0.39, 0.29) is 18.6 Å². The quantitative estimate of drug-likeness (QED) is 0.550. The molecule has 0 saturated heterocycles. The van der Waals surface area contributed by atoms with Gasteiger partial charge in [0, 0.05) is 12.4 Å². The van der Waals surface area contributed by atoms with Crippen molar-refractivity contribution in [3.63, 3.8) is 0 Å². The normalized spacial score (nSPS) is 11.5. The van der Waals surface area contributed by atoms with Crippen LogP contribution in [0, 0.1) is 13.8 Å². The van der Waals surface area contributed by atoms with Crippen molar-refractivity contribution in [1.29, 1.82) is 0 Å². The van der Waals surface area contributed by atoms with E-state index in [9.17, 15) is 4.79 Å². The van der Waals surface area contributed by atoms with Gasteiger partial charge in [-0.15, -0.1) is 0 Å². The van der Waals surface area contributed by atoms with E-state index in [1.165, 1.54) is 5.56 Å². The standard InChI is InChI=1S/C25H28N2O4/c1-17-5-7-22(13-18(17)2)30-16-25(28)27-19(3)21-6-8-23(24(14-21)29-4)31-15-20-9-11-26-12-10-20/h5-14,19H,15-16H2,1-4H3,(H,27,28). The molecule has 0 saturated carbocycles. The lowest BCUT2D eigenvalue weighted by Gasteiger charge is -2.17. The number of carbonyl (C=O) groups is 1. The molecule has 0 spiro atoms. The van der Waals surface area contributed by atoms with Crippen LogP contribution in [0.4, 0.5) is 0 Å². The molecule has 2 aromatic carbocycles. The summed E-state index contributed by atoms with van der Waals surface area (Å²) in [6.07, 6.45) is 3.46. The Kier molecular flexibility index (Phi) is 7.49. The molecule has 1 atom stereocenters. The van der Waals surface area contributed by atoms with Crippen molar-refractivity contribution in [3.8, 4) is 17.2 Å². The molecule has 0 fully saturated rings. The lowest BCUT2D eigenvalue weighted by Crippen LogP contribution is -2.31. The molecule has 0 aliphatic heterocycles. The number of hydrogen-bond donors (Lipinski definition) is 1. The number of aryl methyl sites for hydroxylation is 2. The number of carbonyl (C=O) groups excluding carboxylic acids is 1. The number of pyridine rings is 1. The van der Waals surface area contributed by atoms with Crippen LogP contribution in [-0.4, -0.2) is 24.6 Å². The fourth-order valence-electron chi connectivity index (χ4n) is 3.03. The SMILES string of the molecule is COc1cc(C(C)NC(=O)COc2ccc(C)c(C)c2)ccc1OCc1ccncc1. The van der Waals surface area contributed by atoms with Crippen LogP contribution in [-0.2, 0) is 11.4 Å². The minimum absolute atomic E-state index is 0.0445. The second-order valence-corrected chi connectivity index (χ2v) is 7.38. The van der Waals surface area contributed by atoms with E-state index in [4.69, 9.17) is 14.2 Å². The van der Waals surface area contributed by atoms with Gasteiger partial charge in [0.1, 0.15) is 12.4 Å². The van der Waals surface area contributed by atoms with Crippen LogP contribution in [0.1, 0.15) is 35.2 Å². The highest BCUT2D eigenvalue weighted by Gasteiger charge is 2.14. The van der Waals surface area contributed by atoms with Crippen molar-refractivity contribution in [2.45, 2.75) is 33.4 Å². The molecule has 0 aliphatic rings. The van der Waals surface area contributed by atoms with Crippen molar-refractivity contribution >= 4 is 5.91 Å². The Morgan fingerprint density at radius 3 is 2.45 bits per heavy atom. The van der Waals surface area contributed by atoms with Crippen LogP contribution in [0.25, 0.3) is 0 Å². The van der Waals surface area contributed by atoms with Crippen molar-refractivity contribution < 1.29 is 19.0 Å². The Labute approximate surface area is 183 Å². The van der Waals surface area contributed by atoms with E-state index in [1.54, 1.807) is 19.5 Å². The zero-order chi connectivity index (χ0) is 22.2. The van der Waals surface area contributed by atoms with Crippen LogP contribution >= 0.6 is 0 Å². The van der Waals surface area contributed by atoms with Gasteiger partial charge in [0.05, 0.1) is 13.2 Å². The van der Waals surface area contributed by atoms with E-state index in [0.717, 1.165) is 16.7 Å². The molecule has 0 aliphatic carbocycles. The van der Waals surface area contributed by atoms with Gasteiger partial charge in [-0.1, -0.05) is 12.1 Å². The van der Waals surface area contributed by atoms with Gasteiger partial charge in [-0.2, -0.15) is 0 Å². The molecule has 31 heavy (non-hydrogen) atoms. The molecule has 3 aromatic rings. The summed E-state index contributed by atoms with van der Waals surface area (Å²) in [5.41, 5.74) is 4.25. The molecule has 0 radical (unpaired) electrons. The van der Waals surface area contributed by atoms with Crippen LogP contribution in [0.2, 0.25) is 0 Å². The van der Waals surface area contributed by atoms with E-state index >= 15 is 0 Å². The van der Waals surface area contributed by atoms with Gasteiger partial charge in [-0.3, -0.25) is 9.78 Å². The summed E-state index contributed by atoms with van der Waals surface area (Å²) >= 11 is 0. The summed E-state index contributed by atoms with van der Waals surface area (Å²) in [7, 11) is 1.60. The Hall–Kier alpha value is -3.54. The van der Waals surface area contributed by atoms with Crippen LogP contribution in [0.5, 0.6) is 17.2 Å². The molecule has 1 aromatic heterocycles. The lowest BCUT2D eigenvalue weighted by molar-refractivity contribution is -0.123. The van der Waals surface area contributed by atoms with Gasteiger partial charge in [0.2, 0.25) is 0 Å². The van der Waals surface area contributed by atoms with Crippen LogP contribution < -0.4 is 19.5 Å². The first-order valence-electron chi connectivity index (χ1n) is 10.2. The fourth-order valence-corrected chi connectivity index (χ4v) is 3.03. The molecule has 1 amide bonds. The summed E-state index contributed by atoms with van der Waals surface area (Å²) in [5, 5.41) is 2.95. The molecule has 1 unspecified atom stereocenters. The number of nitrogens with zero attached hydrogens (tertiary/aromatic N) is 1. The van der Waals surface area contributed by atoms with Crippen molar-refractivity contribution in [2.24, 2.45) is 0 Å². The maximum absolute atomic E-state index is 12.3. The number of ether oxygens (including phenoxy) is 3. The van der Waals surface area contributed by atoms with Crippen LogP contribution in [0.3, 0.4) is 0 Å². The number of rotatable bonds is 9. The third kappa shape index (κ3) is 6.22. The average Bonchev–Trinajstić information content (AvgIpc) is 2.79. The smallest absolute Gasteiger partial charge is 0.258 e.